The van der Waals surface area contributed by atoms with Crippen LogP contribution in [0.3, 0.4) is 0 Å². The molecule has 0 fully saturated rings. The summed E-state index contributed by atoms with van der Waals surface area (Å²) in [5, 5.41) is 23.4. The van der Waals surface area contributed by atoms with E-state index in [1.165, 1.54) is 6.20 Å². The molecule has 3 aromatic rings. The largest absolute Gasteiger partial charge is 0.476 e. The normalized spacial score (nSPS) is 10.7. The third kappa shape index (κ3) is 2.16. The van der Waals surface area contributed by atoms with E-state index in [0.717, 1.165) is 10.9 Å². The Labute approximate surface area is 116 Å². The van der Waals surface area contributed by atoms with Gasteiger partial charge < -0.3 is 5.11 Å². The van der Waals surface area contributed by atoms with E-state index >= 15 is 0 Å². The highest BCUT2D eigenvalue weighted by Gasteiger charge is 2.26. The minimum atomic E-state index is -1.48. The van der Waals surface area contributed by atoms with Crippen molar-refractivity contribution in [1.82, 2.24) is 19.7 Å². The molecule has 0 bridgehead atoms. The molecule has 104 valence electrons. The van der Waals surface area contributed by atoms with Crippen molar-refractivity contribution in [2.45, 2.75) is 0 Å². The van der Waals surface area contributed by atoms with Crippen LogP contribution in [0, 0.1) is 10.1 Å². The molecule has 0 aliphatic carbocycles. The van der Waals surface area contributed by atoms with E-state index in [9.17, 15) is 14.9 Å². The number of nitro groups is 1. The number of hydrogen-bond donors (Lipinski definition) is 1. The molecule has 0 atom stereocenters. The summed E-state index contributed by atoms with van der Waals surface area (Å²) in [7, 11) is 0. The van der Waals surface area contributed by atoms with E-state index < -0.39 is 22.3 Å². The second-order valence-electron chi connectivity index (χ2n) is 4.09. The summed E-state index contributed by atoms with van der Waals surface area (Å²) in [5.74, 6) is -1.28. The highest BCUT2D eigenvalue weighted by molar-refractivity contribution is 5.90. The Morgan fingerprint density at radius 2 is 2.00 bits per heavy atom. The third-order valence-corrected chi connectivity index (χ3v) is 2.76. The van der Waals surface area contributed by atoms with Gasteiger partial charge in [-0.25, -0.2) is 14.5 Å². The molecule has 0 unspecified atom stereocenters. The molecule has 21 heavy (non-hydrogen) atoms. The second-order valence-corrected chi connectivity index (χ2v) is 4.09. The Morgan fingerprint density at radius 1 is 1.29 bits per heavy atom. The summed E-state index contributed by atoms with van der Waals surface area (Å²) in [5.41, 5.74) is -0.0150. The first-order valence-electron chi connectivity index (χ1n) is 5.76. The van der Waals surface area contributed by atoms with Gasteiger partial charge in [-0.05, 0) is 12.1 Å². The summed E-state index contributed by atoms with van der Waals surface area (Å²) < 4.78 is 1.03. The first-order chi connectivity index (χ1) is 10.1. The molecule has 0 aliphatic rings. The summed E-state index contributed by atoms with van der Waals surface area (Å²) >= 11 is 0. The quantitative estimate of drug-likeness (QED) is 0.570. The van der Waals surface area contributed by atoms with Crippen LogP contribution in [0.2, 0.25) is 0 Å². The van der Waals surface area contributed by atoms with Crippen LogP contribution in [-0.2, 0) is 0 Å². The molecular formula is C12H7N5O4. The number of fused-ring (bicyclic) bond motifs is 1. The SMILES string of the molecule is O=C(O)c1nn(-c2cnc3ccccc3n2)cc1[N+](=O)[O-]. The minimum absolute atomic E-state index is 0.198. The molecule has 0 amide bonds. The summed E-state index contributed by atoms with van der Waals surface area (Å²) in [6.45, 7) is 0. The average molecular weight is 285 g/mol. The van der Waals surface area contributed by atoms with E-state index in [4.69, 9.17) is 5.11 Å². The number of carboxylic acids is 1. The summed E-state index contributed by atoms with van der Waals surface area (Å²) in [6, 6.07) is 7.06. The van der Waals surface area contributed by atoms with Crippen molar-refractivity contribution in [1.29, 1.82) is 0 Å². The lowest BCUT2D eigenvalue weighted by atomic mass is 10.3. The van der Waals surface area contributed by atoms with Gasteiger partial charge in [0, 0.05) is 0 Å². The van der Waals surface area contributed by atoms with Gasteiger partial charge in [0.25, 0.3) is 0 Å². The van der Waals surface area contributed by atoms with Gasteiger partial charge in [-0.1, -0.05) is 12.1 Å². The lowest BCUT2D eigenvalue weighted by molar-refractivity contribution is -0.385. The molecule has 0 spiro atoms. The molecular weight excluding hydrogens is 278 g/mol. The van der Waals surface area contributed by atoms with Gasteiger partial charge in [-0.2, -0.15) is 5.10 Å². The van der Waals surface area contributed by atoms with Crippen molar-refractivity contribution in [2.24, 2.45) is 0 Å². The Kier molecular flexibility index (Phi) is 2.79. The van der Waals surface area contributed by atoms with Gasteiger partial charge in [0.2, 0.25) is 5.69 Å². The Bertz CT molecular complexity index is 841. The fraction of sp³-hybridized carbons (Fsp3) is 0. The standard InChI is InChI=1S/C12H7N5O4/c18-12(19)11-9(17(20)21)6-16(15-11)10-5-13-7-3-1-2-4-8(7)14-10/h1-6H,(H,18,19). The fourth-order valence-electron chi connectivity index (χ4n) is 1.83. The van der Waals surface area contributed by atoms with Gasteiger partial charge in [0.1, 0.15) is 6.20 Å². The maximum absolute atomic E-state index is 11.0. The summed E-state index contributed by atoms with van der Waals surface area (Å²) in [4.78, 5) is 29.4. The van der Waals surface area contributed by atoms with Crippen LogP contribution in [0.1, 0.15) is 10.5 Å². The zero-order chi connectivity index (χ0) is 15.0. The number of rotatable bonds is 3. The van der Waals surface area contributed by atoms with E-state index in [-0.39, 0.29) is 5.82 Å². The molecule has 2 aromatic heterocycles. The molecule has 9 nitrogen and oxygen atoms in total. The third-order valence-electron chi connectivity index (χ3n) is 2.76. The molecule has 0 radical (unpaired) electrons. The van der Waals surface area contributed by atoms with Crippen LogP contribution in [0.25, 0.3) is 16.9 Å². The smallest absolute Gasteiger partial charge is 0.363 e. The number of aromatic nitrogens is 4. The molecule has 3 rings (SSSR count). The molecule has 1 N–H and O–H groups in total. The lowest BCUT2D eigenvalue weighted by Gasteiger charge is -2.00. The molecule has 2 heterocycles. The first kappa shape index (κ1) is 12.7. The molecule has 0 aliphatic heterocycles. The van der Waals surface area contributed by atoms with Gasteiger partial charge >= 0.3 is 11.7 Å². The number of carboxylic acid groups (broad SMARTS) is 1. The van der Waals surface area contributed by atoms with Crippen LogP contribution in [0.15, 0.2) is 36.7 Å². The Hall–Kier alpha value is -3.36. The van der Waals surface area contributed by atoms with Crippen molar-refractivity contribution in [3.05, 3.63) is 52.5 Å². The zero-order valence-electron chi connectivity index (χ0n) is 10.4. The van der Waals surface area contributed by atoms with Crippen LogP contribution in [-0.4, -0.2) is 35.7 Å². The fourth-order valence-corrected chi connectivity index (χ4v) is 1.83. The zero-order valence-corrected chi connectivity index (χ0v) is 10.4. The van der Waals surface area contributed by atoms with E-state index in [2.05, 4.69) is 15.1 Å². The molecule has 1 aromatic carbocycles. The van der Waals surface area contributed by atoms with Crippen molar-refractivity contribution >= 4 is 22.7 Å². The average Bonchev–Trinajstić information content (AvgIpc) is 2.92. The number of carbonyl (C=O) groups is 1. The minimum Gasteiger partial charge on any atom is -0.476 e. The van der Waals surface area contributed by atoms with Crippen molar-refractivity contribution < 1.29 is 14.8 Å². The number of para-hydroxylation sites is 2. The number of benzene rings is 1. The Morgan fingerprint density at radius 3 is 2.62 bits per heavy atom. The Balaban J connectivity index is 2.16. The highest BCUT2D eigenvalue weighted by Crippen LogP contribution is 2.19. The predicted molar refractivity (Wildman–Crippen MR) is 70.3 cm³/mol. The van der Waals surface area contributed by atoms with Crippen LogP contribution >= 0.6 is 0 Å². The maximum atomic E-state index is 11.0. The molecule has 9 heteroatoms. The number of aromatic carboxylic acids is 1. The molecule has 0 saturated heterocycles. The van der Waals surface area contributed by atoms with Crippen molar-refractivity contribution in [3.8, 4) is 5.82 Å². The van der Waals surface area contributed by atoms with E-state index in [0.29, 0.717) is 11.0 Å². The molecule has 0 saturated carbocycles. The predicted octanol–water partition coefficient (Wildman–Crippen LogP) is 1.42. The van der Waals surface area contributed by atoms with E-state index in [1.54, 1.807) is 24.3 Å². The van der Waals surface area contributed by atoms with Crippen LogP contribution in [0.5, 0.6) is 0 Å². The van der Waals surface area contributed by atoms with E-state index in [1.807, 2.05) is 0 Å². The highest BCUT2D eigenvalue weighted by atomic mass is 16.6. The van der Waals surface area contributed by atoms with Gasteiger partial charge in [0.05, 0.1) is 22.2 Å². The van der Waals surface area contributed by atoms with Crippen LogP contribution < -0.4 is 0 Å². The van der Waals surface area contributed by atoms with Crippen molar-refractivity contribution in [3.63, 3.8) is 0 Å². The maximum Gasteiger partial charge on any atom is 0.363 e. The van der Waals surface area contributed by atoms with Gasteiger partial charge in [0.15, 0.2) is 5.82 Å². The van der Waals surface area contributed by atoms with Crippen molar-refractivity contribution in [2.75, 3.05) is 0 Å². The topological polar surface area (TPSA) is 124 Å². The van der Waals surface area contributed by atoms with Crippen LogP contribution in [0.4, 0.5) is 5.69 Å². The lowest BCUT2D eigenvalue weighted by Crippen LogP contribution is -2.04. The second kappa shape index (κ2) is 4.63. The number of hydrogen-bond acceptors (Lipinski definition) is 6. The first-order valence-corrected chi connectivity index (χ1v) is 5.76. The van der Waals surface area contributed by atoms with Gasteiger partial charge in [-0.15, -0.1) is 0 Å². The number of nitrogens with zero attached hydrogens (tertiary/aromatic N) is 5. The summed E-state index contributed by atoms with van der Waals surface area (Å²) in [6.07, 6.45) is 2.37. The van der Waals surface area contributed by atoms with Gasteiger partial charge in [-0.3, -0.25) is 15.1 Å². The monoisotopic (exact) mass is 285 g/mol.